The summed E-state index contributed by atoms with van der Waals surface area (Å²) >= 11 is 0. The van der Waals surface area contributed by atoms with E-state index in [1.165, 1.54) is 0 Å². The van der Waals surface area contributed by atoms with Gasteiger partial charge in [-0.05, 0) is 73.3 Å². The van der Waals surface area contributed by atoms with Crippen LogP contribution in [0, 0.1) is 5.92 Å². The fourth-order valence-corrected chi connectivity index (χ4v) is 2.48. The van der Waals surface area contributed by atoms with Crippen molar-refractivity contribution in [2.45, 2.75) is 97.8 Å². The first kappa shape index (κ1) is 23.9. The van der Waals surface area contributed by atoms with Gasteiger partial charge in [0.25, 0.3) is 0 Å². The minimum atomic E-state index is -0.540. The van der Waals surface area contributed by atoms with E-state index in [1.54, 1.807) is 0 Å². The molecule has 0 aromatic rings. The maximum Gasteiger partial charge on any atom is 0.242 e. The zero-order chi connectivity index (χ0) is 19.8. The normalized spacial score (nSPS) is 15.0. The Bertz CT molecular complexity index is 422. The van der Waals surface area contributed by atoms with Gasteiger partial charge in [0.05, 0.1) is 6.04 Å². The van der Waals surface area contributed by atoms with Gasteiger partial charge < -0.3 is 21.7 Å². The van der Waals surface area contributed by atoms with Crippen LogP contribution in [0.25, 0.3) is 0 Å². The van der Waals surface area contributed by atoms with Crippen molar-refractivity contribution in [2.24, 2.45) is 11.7 Å². The number of nitrogens with one attached hydrogen (secondary N) is 3. The largest absolute Gasteiger partial charge is 0.350 e. The number of hydrogen-bond donors (Lipinski definition) is 4. The molecule has 0 aromatic carbocycles. The number of hydrogen-bond acceptors (Lipinski definition) is 4. The molecule has 0 saturated heterocycles. The predicted octanol–water partition coefficient (Wildman–Crippen LogP) is 1.93. The number of amides is 2. The number of unbranched alkanes of at least 4 members (excludes halogenated alkanes) is 1. The van der Waals surface area contributed by atoms with E-state index in [0.29, 0.717) is 13.0 Å². The van der Waals surface area contributed by atoms with Crippen LogP contribution in [0.5, 0.6) is 0 Å². The van der Waals surface area contributed by atoms with Gasteiger partial charge in [0.15, 0.2) is 0 Å². The molecule has 0 unspecified atom stereocenters. The molecule has 2 atom stereocenters. The monoisotopic (exact) mass is 356 g/mol. The molecule has 25 heavy (non-hydrogen) atoms. The second-order valence-electron chi connectivity index (χ2n) is 9.20. The molecule has 148 valence electrons. The lowest BCUT2D eigenvalue weighted by Crippen LogP contribution is -2.59. The lowest BCUT2D eigenvalue weighted by molar-refractivity contribution is -0.131. The van der Waals surface area contributed by atoms with Crippen molar-refractivity contribution in [3.8, 4) is 0 Å². The molecule has 6 nitrogen and oxygen atoms in total. The fraction of sp³-hybridized carbons (Fsp3) is 0.895. The molecular weight excluding hydrogens is 316 g/mol. The van der Waals surface area contributed by atoms with E-state index in [4.69, 9.17) is 5.73 Å². The molecule has 6 heteroatoms. The second-order valence-corrected chi connectivity index (χ2v) is 9.20. The minimum Gasteiger partial charge on any atom is -0.350 e. The molecule has 2 amide bonds. The minimum absolute atomic E-state index is 0.120. The molecule has 0 aromatic heterocycles. The van der Waals surface area contributed by atoms with Crippen LogP contribution in [0.3, 0.4) is 0 Å². The molecule has 5 N–H and O–H groups in total. The smallest absolute Gasteiger partial charge is 0.242 e. The third-order valence-corrected chi connectivity index (χ3v) is 3.62. The molecule has 0 saturated carbocycles. The van der Waals surface area contributed by atoms with E-state index in [9.17, 15) is 9.59 Å². The van der Waals surface area contributed by atoms with Gasteiger partial charge in [-0.25, -0.2) is 0 Å². The van der Waals surface area contributed by atoms with E-state index in [2.05, 4.69) is 16.0 Å². The average molecular weight is 357 g/mol. The molecule has 0 fully saturated rings. The Morgan fingerprint density at radius 2 is 1.48 bits per heavy atom. The number of nitrogens with two attached hydrogens (primary N) is 1. The topological polar surface area (TPSA) is 96.2 Å². The summed E-state index contributed by atoms with van der Waals surface area (Å²) in [6.45, 7) is 16.5. The summed E-state index contributed by atoms with van der Waals surface area (Å²) in [5.74, 6) is -0.155. The Labute approximate surface area is 154 Å². The highest BCUT2D eigenvalue weighted by Gasteiger charge is 2.30. The van der Waals surface area contributed by atoms with Crippen molar-refractivity contribution in [3.05, 3.63) is 0 Å². The molecular formula is C19H40N4O2. The Morgan fingerprint density at radius 1 is 0.920 bits per heavy atom. The van der Waals surface area contributed by atoms with Gasteiger partial charge in [-0.2, -0.15) is 0 Å². The summed E-state index contributed by atoms with van der Waals surface area (Å²) < 4.78 is 0. The maximum atomic E-state index is 12.8. The van der Waals surface area contributed by atoms with Gasteiger partial charge in [-0.3, -0.25) is 9.59 Å². The van der Waals surface area contributed by atoms with Crippen molar-refractivity contribution in [1.82, 2.24) is 16.0 Å². The predicted molar refractivity (Wildman–Crippen MR) is 104 cm³/mol. The summed E-state index contributed by atoms with van der Waals surface area (Å²) in [6.07, 6.45) is 2.23. The fourth-order valence-electron chi connectivity index (χ4n) is 2.48. The molecule has 0 aliphatic heterocycles. The van der Waals surface area contributed by atoms with Gasteiger partial charge in [-0.1, -0.05) is 13.8 Å². The zero-order valence-electron chi connectivity index (χ0n) is 17.5. The number of carbonyl (C=O) groups is 2. The van der Waals surface area contributed by atoms with Gasteiger partial charge in [0, 0.05) is 11.1 Å². The Hall–Kier alpha value is -1.14. The summed E-state index contributed by atoms with van der Waals surface area (Å²) in [4.78, 5) is 25.4. The Balaban J connectivity index is 5.11. The highest BCUT2D eigenvalue weighted by Crippen LogP contribution is 2.11. The summed E-state index contributed by atoms with van der Waals surface area (Å²) in [7, 11) is 0. The van der Waals surface area contributed by atoms with Gasteiger partial charge >= 0.3 is 0 Å². The molecule has 0 bridgehead atoms. The first-order chi connectivity index (χ1) is 11.3. The van der Waals surface area contributed by atoms with Gasteiger partial charge in [0.1, 0.15) is 6.04 Å². The maximum absolute atomic E-state index is 12.8. The van der Waals surface area contributed by atoms with Crippen LogP contribution in [0.4, 0.5) is 0 Å². The van der Waals surface area contributed by atoms with E-state index >= 15 is 0 Å². The third kappa shape index (κ3) is 11.2. The van der Waals surface area contributed by atoms with Crippen LogP contribution in [-0.4, -0.2) is 41.5 Å². The summed E-state index contributed by atoms with van der Waals surface area (Å²) in [5.41, 5.74) is 5.03. The summed E-state index contributed by atoms with van der Waals surface area (Å²) in [6, 6.07) is -0.888. The third-order valence-electron chi connectivity index (χ3n) is 3.62. The van der Waals surface area contributed by atoms with Crippen LogP contribution in [0.1, 0.15) is 74.7 Å². The van der Waals surface area contributed by atoms with E-state index in [0.717, 1.165) is 12.8 Å². The highest BCUT2D eigenvalue weighted by atomic mass is 16.2. The van der Waals surface area contributed by atoms with Crippen LogP contribution >= 0.6 is 0 Å². The van der Waals surface area contributed by atoms with Crippen molar-refractivity contribution in [3.63, 3.8) is 0 Å². The standard InChI is InChI=1S/C19H40N4O2/c1-13(2)15(22-18(3,4)5)17(25)21-14(11-9-10-12-20)16(24)23-19(6,7)8/h13-15,22H,9-12,20H2,1-8H3,(H,21,25)(H,23,24)/t14-,15-/m0/s1. The molecule has 0 heterocycles. The van der Waals surface area contributed by atoms with Crippen molar-refractivity contribution in [1.29, 1.82) is 0 Å². The van der Waals surface area contributed by atoms with Crippen LogP contribution in [0.15, 0.2) is 0 Å². The van der Waals surface area contributed by atoms with E-state index in [-0.39, 0.29) is 34.9 Å². The first-order valence-corrected chi connectivity index (χ1v) is 9.37. The molecule has 0 spiro atoms. The first-order valence-electron chi connectivity index (χ1n) is 9.37. The number of rotatable bonds is 9. The average Bonchev–Trinajstić information content (AvgIpc) is 2.40. The lowest BCUT2D eigenvalue weighted by atomic mass is 9.97. The van der Waals surface area contributed by atoms with Crippen molar-refractivity contribution >= 4 is 11.8 Å². The quantitative estimate of drug-likeness (QED) is 0.475. The van der Waals surface area contributed by atoms with Crippen LogP contribution < -0.4 is 21.7 Å². The Kier molecular flexibility index (Phi) is 9.66. The molecule has 0 aliphatic rings. The second kappa shape index (κ2) is 10.1. The molecule has 0 rings (SSSR count). The van der Waals surface area contributed by atoms with Crippen molar-refractivity contribution < 1.29 is 9.59 Å². The zero-order valence-corrected chi connectivity index (χ0v) is 17.5. The highest BCUT2D eigenvalue weighted by molar-refractivity contribution is 5.90. The van der Waals surface area contributed by atoms with E-state index < -0.39 is 6.04 Å². The van der Waals surface area contributed by atoms with Crippen LogP contribution in [-0.2, 0) is 9.59 Å². The SMILES string of the molecule is CC(C)[C@H](NC(C)(C)C)C(=O)N[C@@H](CCCCN)C(=O)NC(C)(C)C. The molecule has 0 aliphatic carbocycles. The van der Waals surface area contributed by atoms with Crippen molar-refractivity contribution in [2.75, 3.05) is 6.54 Å². The van der Waals surface area contributed by atoms with Crippen LogP contribution in [0.2, 0.25) is 0 Å². The lowest BCUT2D eigenvalue weighted by Gasteiger charge is -2.32. The Morgan fingerprint density at radius 3 is 1.88 bits per heavy atom. The molecule has 0 radical (unpaired) electrons. The van der Waals surface area contributed by atoms with Gasteiger partial charge in [-0.15, -0.1) is 0 Å². The summed E-state index contributed by atoms with van der Waals surface area (Å²) in [5, 5.41) is 9.26. The number of carbonyl (C=O) groups excluding carboxylic acids is 2. The van der Waals surface area contributed by atoms with Gasteiger partial charge in [0.2, 0.25) is 11.8 Å². The van der Waals surface area contributed by atoms with E-state index in [1.807, 2.05) is 55.4 Å².